The van der Waals surface area contributed by atoms with E-state index in [0.29, 0.717) is 0 Å². The van der Waals surface area contributed by atoms with Crippen molar-refractivity contribution in [1.29, 1.82) is 0 Å². The third-order valence-electron chi connectivity index (χ3n) is 9.37. The highest BCUT2D eigenvalue weighted by atomic mass is 15.2. The molecular weight excluding hydrogens is 532 g/mol. The van der Waals surface area contributed by atoms with E-state index in [-0.39, 0.29) is 12.0 Å². The maximum Gasteiger partial charge on any atom is 0.0635 e. The molecule has 208 valence electrons. The van der Waals surface area contributed by atoms with E-state index in [1.807, 2.05) is 0 Å². The third-order valence-corrected chi connectivity index (χ3v) is 9.37. The Bertz CT molecular complexity index is 2220. The maximum atomic E-state index is 2.53. The van der Waals surface area contributed by atoms with E-state index in [1.165, 1.54) is 66.7 Å². The number of anilines is 2. The van der Waals surface area contributed by atoms with Crippen LogP contribution >= 0.6 is 0 Å². The van der Waals surface area contributed by atoms with Crippen LogP contribution in [0, 0.1) is 0 Å². The standard InChI is InChI=1S/C42H30N2/c1-3-13-29(14-4-1)30-25-27-32(28-26-30)44-38-22-10-8-18-36(38)42-34(20-12-24-40(42)44)33-19-11-23-39-41(33)35-17-7-9-21-37(35)43(39)31-15-5-2-6-16-31/h1-28,40,42H. The van der Waals surface area contributed by atoms with E-state index < -0.39 is 0 Å². The van der Waals surface area contributed by atoms with Crippen LogP contribution in [0.4, 0.5) is 11.4 Å². The van der Waals surface area contributed by atoms with Crippen LogP contribution in [0.5, 0.6) is 0 Å². The number of hydrogen-bond acceptors (Lipinski definition) is 1. The summed E-state index contributed by atoms with van der Waals surface area (Å²) >= 11 is 0. The fourth-order valence-electron chi connectivity index (χ4n) is 7.52. The number of aromatic nitrogens is 1. The van der Waals surface area contributed by atoms with Crippen molar-refractivity contribution in [2.45, 2.75) is 12.0 Å². The molecule has 2 atom stereocenters. The SMILES string of the molecule is C1=CC2C(C(c3cccc4c3c3ccccc3n4-c3ccccc3)=C1)c1ccccc1N2c1ccc(-c2ccccc2)cc1. The van der Waals surface area contributed by atoms with Crippen molar-refractivity contribution in [3.8, 4) is 16.8 Å². The number of allylic oxidation sites excluding steroid dienone is 2. The lowest BCUT2D eigenvalue weighted by atomic mass is 9.79. The lowest BCUT2D eigenvalue weighted by Crippen LogP contribution is -2.30. The van der Waals surface area contributed by atoms with E-state index in [2.05, 4.69) is 179 Å². The molecular formula is C42H30N2. The van der Waals surface area contributed by atoms with Crippen molar-refractivity contribution in [1.82, 2.24) is 4.57 Å². The van der Waals surface area contributed by atoms with Gasteiger partial charge in [-0.1, -0.05) is 127 Å². The molecule has 2 heteroatoms. The molecule has 0 N–H and O–H groups in total. The molecule has 44 heavy (non-hydrogen) atoms. The summed E-state index contributed by atoms with van der Waals surface area (Å²) in [6, 6.07) is 55.2. The van der Waals surface area contributed by atoms with Gasteiger partial charge >= 0.3 is 0 Å². The van der Waals surface area contributed by atoms with E-state index in [1.54, 1.807) is 0 Å². The smallest absolute Gasteiger partial charge is 0.0635 e. The first kappa shape index (κ1) is 24.9. The molecule has 0 spiro atoms. The third kappa shape index (κ3) is 3.74. The second-order valence-electron chi connectivity index (χ2n) is 11.7. The molecule has 9 rings (SSSR count). The molecule has 2 nitrogen and oxygen atoms in total. The van der Waals surface area contributed by atoms with Crippen molar-refractivity contribution >= 4 is 38.8 Å². The largest absolute Gasteiger partial charge is 0.333 e. The Morgan fingerprint density at radius 3 is 2.02 bits per heavy atom. The lowest BCUT2D eigenvalue weighted by molar-refractivity contribution is 0.759. The number of para-hydroxylation sites is 3. The van der Waals surface area contributed by atoms with Crippen LogP contribution in [0.3, 0.4) is 0 Å². The molecule has 0 bridgehead atoms. The van der Waals surface area contributed by atoms with Gasteiger partial charge in [0.15, 0.2) is 0 Å². The van der Waals surface area contributed by atoms with Gasteiger partial charge in [0, 0.05) is 33.8 Å². The van der Waals surface area contributed by atoms with Gasteiger partial charge < -0.3 is 9.47 Å². The van der Waals surface area contributed by atoms with Gasteiger partial charge in [-0.25, -0.2) is 0 Å². The molecule has 0 saturated carbocycles. The summed E-state index contributed by atoms with van der Waals surface area (Å²) in [6.07, 6.45) is 7.00. The van der Waals surface area contributed by atoms with E-state index >= 15 is 0 Å². The Labute approximate surface area is 257 Å². The van der Waals surface area contributed by atoms with Crippen molar-refractivity contribution < 1.29 is 0 Å². The van der Waals surface area contributed by atoms with Gasteiger partial charge in [0.25, 0.3) is 0 Å². The average molecular weight is 563 g/mol. The highest BCUT2D eigenvalue weighted by Crippen LogP contribution is 2.53. The number of nitrogens with zero attached hydrogens (tertiary/aromatic N) is 2. The zero-order valence-electron chi connectivity index (χ0n) is 24.2. The minimum atomic E-state index is 0.188. The second-order valence-corrected chi connectivity index (χ2v) is 11.7. The molecule has 0 radical (unpaired) electrons. The number of fused-ring (bicyclic) bond motifs is 6. The Balaban J connectivity index is 1.20. The van der Waals surface area contributed by atoms with Crippen LogP contribution in [-0.4, -0.2) is 10.6 Å². The fraction of sp³-hybridized carbons (Fsp3) is 0.0476. The normalized spacial score (nSPS) is 17.1. The van der Waals surface area contributed by atoms with Gasteiger partial charge in [-0.15, -0.1) is 0 Å². The summed E-state index contributed by atoms with van der Waals surface area (Å²) in [5, 5.41) is 2.60. The first-order valence-corrected chi connectivity index (χ1v) is 15.4. The average Bonchev–Trinajstić information content (AvgIpc) is 3.62. The summed E-state index contributed by atoms with van der Waals surface area (Å²) in [6.45, 7) is 0. The van der Waals surface area contributed by atoms with Crippen LogP contribution < -0.4 is 4.90 Å². The van der Waals surface area contributed by atoms with E-state index in [9.17, 15) is 0 Å². The second kappa shape index (κ2) is 10.00. The Morgan fingerprint density at radius 2 is 1.18 bits per heavy atom. The molecule has 2 unspecified atom stereocenters. The summed E-state index contributed by atoms with van der Waals surface area (Å²) in [7, 11) is 0. The summed E-state index contributed by atoms with van der Waals surface area (Å²) in [4.78, 5) is 2.53. The number of rotatable bonds is 4. The van der Waals surface area contributed by atoms with Crippen LogP contribution in [0.15, 0.2) is 170 Å². The van der Waals surface area contributed by atoms with Crippen molar-refractivity contribution in [3.05, 3.63) is 181 Å². The predicted octanol–water partition coefficient (Wildman–Crippen LogP) is 10.7. The van der Waals surface area contributed by atoms with Gasteiger partial charge in [0.05, 0.1) is 17.1 Å². The molecule has 2 aliphatic rings. The molecule has 1 aliphatic heterocycles. The van der Waals surface area contributed by atoms with Crippen LogP contribution in [0.1, 0.15) is 17.0 Å². The highest BCUT2D eigenvalue weighted by Gasteiger charge is 2.41. The lowest BCUT2D eigenvalue weighted by Gasteiger charge is -2.31. The summed E-state index contributed by atoms with van der Waals surface area (Å²) in [5.41, 5.74) is 12.7. The van der Waals surface area contributed by atoms with Crippen LogP contribution in [0.2, 0.25) is 0 Å². The number of benzene rings is 6. The Hall–Kier alpha value is -5.60. The van der Waals surface area contributed by atoms with Gasteiger partial charge in [-0.3, -0.25) is 0 Å². The minimum absolute atomic E-state index is 0.188. The molecule has 7 aromatic rings. The molecule has 1 aromatic heterocycles. The zero-order valence-corrected chi connectivity index (χ0v) is 24.2. The molecule has 6 aromatic carbocycles. The maximum absolute atomic E-state index is 2.53. The number of hydrogen-bond donors (Lipinski definition) is 0. The highest BCUT2D eigenvalue weighted by molar-refractivity contribution is 6.14. The molecule has 0 fully saturated rings. The first-order chi connectivity index (χ1) is 21.9. The molecule has 0 saturated heterocycles. The van der Waals surface area contributed by atoms with Crippen molar-refractivity contribution in [2.24, 2.45) is 0 Å². The van der Waals surface area contributed by atoms with Crippen molar-refractivity contribution in [2.75, 3.05) is 4.90 Å². The van der Waals surface area contributed by atoms with Gasteiger partial charge in [0.1, 0.15) is 0 Å². The molecule has 0 amide bonds. The predicted molar refractivity (Wildman–Crippen MR) is 185 cm³/mol. The molecule has 2 heterocycles. The first-order valence-electron chi connectivity index (χ1n) is 15.4. The summed E-state index contributed by atoms with van der Waals surface area (Å²) in [5.74, 6) is 0.217. The van der Waals surface area contributed by atoms with E-state index in [0.717, 1.165) is 0 Å². The van der Waals surface area contributed by atoms with Gasteiger partial charge in [-0.2, -0.15) is 0 Å². The van der Waals surface area contributed by atoms with Crippen LogP contribution in [-0.2, 0) is 0 Å². The quantitative estimate of drug-likeness (QED) is 0.207. The minimum Gasteiger partial charge on any atom is -0.333 e. The fourth-order valence-corrected chi connectivity index (χ4v) is 7.52. The Morgan fingerprint density at radius 1 is 0.500 bits per heavy atom. The zero-order chi connectivity index (χ0) is 29.0. The van der Waals surface area contributed by atoms with Gasteiger partial charge in [0.2, 0.25) is 0 Å². The monoisotopic (exact) mass is 562 g/mol. The Kier molecular flexibility index (Phi) is 5.67. The topological polar surface area (TPSA) is 8.17 Å². The summed E-state index contributed by atoms with van der Waals surface area (Å²) < 4.78 is 2.41. The van der Waals surface area contributed by atoms with E-state index in [4.69, 9.17) is 0 Å². The van der Waals surface area contributed by atoms with Crippen LogP contribution in [0.25, 0.3) is 44.2 Å². The molecule has 1 aliphatic carbocycles. The van der Waals surface area contributed by atoms with Crippen molar-refractivity contribution in [3.63, 3.8) is 0 Å². The van der Waals surface area contributed by atoms with Gasteiger partial charge in [-0.05, 0) is 70.3 Å².